The summed E-state index contributed by atoms with van der Waals surface area (Å²) >= 11 is 1.78. The first-order valence-electron chi connectivity index (χ1n) is 10.5. The molecule has 0 bridgehead atoms. The fourth-order valence-electron chi connectivity index (χ4n) is 4.08. The van der Waals surface area contributed by atoms with E-state index < -0.39 is 7.05 Å². The highest BCUT2D eigenvalue weighted by Gasteiger charge is 2.35. The zero-order valence-electron chi connectivity index (χ0n) is 17.4. The van der Waals surface area contributed by atoms with Crippen molar-refractivity contribution in [2.24, 2.45) is 4.74 Å². The van der Waals surface area contributed by atoms with E-state index in [9.17, 15) is 0 Å². The maximum atomic E-state index is 5.70. The Bertz CT molecular complexity index is 1260. The number of aromatic nitrogens is 1. The molecule has 0 N–H and O–H groups in total. The van der Waals surface area contributed by atoms with E-state index in [1.54, 1.807) is 11.3 Å². The van der Waals surface area contributed by atoms with Crippen LogP contribution in [0, 0.1) is 0 Å². The van der Waals surface area contributed by atoms with Gasteiger partial charge in [0.25, 0.3) is 0 Å². The molecule has 0 radical (unpaired) electrons. The first kappa shape index (κ1) is 19.9. The molecule has 0 unspecified atom stereocenters. The normalized spacial score (nSPS) is 11.5. The van der Waals surface area contributed by atoms with Gasteiger partial charge in [-0.3, -0.25) is 0 Å². The number of fused-ring (bicyclic) bond motifs is 1. The summed E-state index contributed by atoms with van der Waals surface area (Å²) in [6.07, 6.45) is 0. The van der Waals surface area contributed by atoms with E-state index in [0.29, 0.717) is 0 Å². The second kappa shape index (κ2) is 8.63. The number of hydrogen-bond acceptors (Lipinski definition) is 2. The smallest absolute Gasteiger partial charge is 0.214 e. The molecule has 4 heteroatoms. The summed E-state index contributed by atoms with van der Waals surface area (Å²) in [5.74, 6) is 0. The Morgan fingerprint density at radius 1 is 0.645 bits per heavy atom. The molecule has 4 aromatic carbocycles. The van der Waals surface area contributed by atoms with E-state index >= 15 is 0 Å². The lowest BCUT2D eigenvalue weighted by Gasteiger charge is -2.21. The third kappa shape index (κ3) is 3.54. The molecule has 5 rings (SSSR count). The quantitative estimate of drug-likeness (QED) is 0.235. The summed E-state index contributed by atoms with van der Waals surface area (Å²) in [4.78, 5) is 0. The Balaban J connectivity index is 1.94. The number of thiazole rings is 1. The Morgan fingerprint density at radius 3 is 1.58 bits per heavy atom. The van der Waals surface area contributed by atoms with Crippen molar-refractivity contribution >= 4 is 49.7 Å². The SMILES string of the molecule is CC[n+]1c(N=P(c2ccccc2)(c2ccccc2)c2ccccc2)sc2ccccc21. The van der Waals surface area contributed by atoms with Crippen LogP contribution < -0.4 is 20.5 Å². The molecule has 0 saturated carbocycles. The van der Waals surface area contributed by atoms with Gasteiger partial charge in [-0.15, -0.1) is 0 Å². The number of rotatable bonds is 5. The van der Waals surface area contributed by atoms with Gasteiger partial charge in [0, 0.05) is 15.9 Å². The van der Waals surface area contributed by atoms with Crippen LogP contribution in [0.2, 0.25) is 0 Å². The largest absolute Gasteiger partial charge is 0.380 e. The first-order chi connectivity index (χ1) is 15.3. The lowest BCUT2D eigenvalue weighted by molar-refractivity contribution is -0.651. The molecule has 2 nitrogen and oxygen atoms in total. The Hall–Kier alpha value is -3.00. The molecule has 0 saturated heterocycles. The van der Waals surface area contributed by atoms with Crippen LogP contribution in [0.25, 0.3) is 10.2 Å². The molecule has 31 heavy (non-hydrogen) atoms. The van der Waals surface area contributed by atoms with Gasteiger partial charge in [-0.25, -0.2) is 4.57 Å². The van der Waals surface area contributed by atoms with E-state index in [1.165, 1.54) is 26.1 Å². The van der Waals surface area contributed by atoms with Crippen LogP contribution in [0.15, 0.2) is 120 Å². The fraction of sp³-hybridized carbons (Fsp3) is 0.0741. The minimum atomic E-state index is -2.26. The second-order valence-electron chi connectivity index (χ2n) is 7.34. The molecule has 0 atom stereocenters. The molecule has 152 valence electrons. The van der Waals surface area contributed by atoms with E-state index in [4.69, 9.17) is 4.74 Å². The Kier molecular flexibility index (Phi) is 5.55. The molecule has 0 aliphatic rings. The van der Waals surface area contributed by atoms with E-state index in [1.807, 2.05) is 0 Å². The van der Waals surface area contributed by atoms with Gasteiger partial charge in [0.05, 0.1) is 11.2 Å². The van der Waals surface area contributed by atoms with E-state index in [-0.39, 0.29) is 0 Å². The number of aryl methyl sites for hydroxylation is 1. The lowest BCUT2D eigenvalue weighted by atomic mass is 10.3. The zero-order chi connectivity index (χ0) is 21.1. The predicted octanol–water partition coefficient (Wildman–Crippen LogP) is 6.02. The van der Waals surface area contributed by atoms with Gasteiger partial charge >= 0.3 is 5.13 Å². The van der Waals surface area contributed by atoms with Crippen molar-refractivity contribution in [2.45, 2.75) is 13.5 Å². The van der Waals surface area contributed by atoms with Gasteiger partial charge in [0.2, 0.25) is 0 Å². The number of hydrogen-bond donors (Lipinski definition) is 0. The van der Waals surface area contributed by atoms with Gasteiger partial charge in [-0.2, -0.15) is 0 Å². The molecule has 0 aliphatic carbocycles. The third-order valence-electron chi connectivity index (χ3n) is 5.53. The summed E-state index contributed by atoms with van der Waals surface area (Å²) in [5.41, 5.74) is 1.25. The highest BCUT2D eigenvalue weighted by molar-refractivity contribution is 7.87. The van der Waals surface area contributed by atoms with Gasteiger partial charge in [0.1, 0.15) is 5.52 Å². The average molecular weight is 440 g/mol. The summed E-state index contributed by atoms with van der Waals surface area (Å²) in [7, 11) is -2.26. The summed E-state index contributed by atoms with van der Waals surface area (Å²) in [6.45, 7) is 3.09. The van der Waals surface area contributed by atoms with Crippen LogP contribution in [0.5, 0.6) is 0 Å². The van der Waals surface area contributed by atoms with Crippen molar-refractivity contribution in [2.75, 3.05) is 0 Å². The molecule has 1 aromatic heterocycles. The molecular formula is C27H24N2PS+. The van der Waals surface area contributed by atoms with Crippen LogP contribution in [-0.2, 0) is 6.54 Å². The van der Waals surface area contributed by atoms with Gasteiger partial charge in [-0.1, -0.05) is 103 Å². The third-order valence-corrected chi connectivity index (χ3v) is 10.4. The van der Waals surface area contributed by atoms with Crippen molar-refractivity contribution in [3.8, 4) is 0 Å². The van der Waals surface area contributed by atoms with Crippen molar-refractivity contribution < 1.29 is 4.57 Å². The zero-order valence-corrected chi connectivity index (χ0v) is 19.1. The molecule has 1 heterocycles. The van der Waals surface area contributed by atoms with Crippen molar-refractivity contribution in [1.29, 1.82) is 0 Å². The first-order valence-corrected chi connectivity index (χ1v) is 13.1. The monoisotopic (exact) mass is 439 g/mol. The topological polar surface area (TPSA) is 16.2 Å². The summed E-state index contributed by atoms with van der Waals surface area (Å²) in [6, 6.07) is 41.1. The number of para-hydroxylation sites is 1. The molecule has 5 aromatic rings. The number of nitrogens with zero attached hydrogens (tertiary/aromatic N) is 2. The van der Waals surface area contributed by atoms with Crippen molar-refractivity contribution in [1.82, 2.24) is 0 Å². The van der Waals surface area contributed by atoms with E-state index in [2.05, 4.69) is 127 Å². The molecular weight excluding hydrogens is 415 g/mol. The highest BCUT2D eigenvalue weighted by atomic mass is 32.1. The van der Waals surface area contributed by atoms with Crippen LogP contribution in [0.4, 0.5) is 5.13 Å². The standard InChI is InChI=1S/C27H24N2PS/c1-2-29-25-20-12-13-21-26(25)31-27(29)28-30(22-14-6-3-7-15-22,23-16-8-4-9-17-23)24-18-10-5-11-19-24/h3-21H,2H2,1H3/q+1. The minimum Gasteiger partial charge on any atom is -0.214 e. The Labute approximate surface area is 187 Å². The lowest BCUT2D eigenvalue weighted by Crippen LogP contribution is -2.31. The molecule has 0 spiro atoms. The summed E-state index contributed by atoms with van der Waals surface area (Å²) < 4.78 is 9.33. The fourth-order valence-corrected chi connectivity index (χ4v) is 8.99. The van der Waals surface area contributed by atoms with Crippen LogP contribution in [0.3, 0.4) is 0 Å². The minimum absolute atomic E-state index is 0.890. The van der Waals surface area contributed by atoms with E-state index in [0.717, 1.165) is 11.7 Å². The maximum absolute atomic E-state index is 5.70. The molecule has 0 amide bonds. The van der Waals surface area contributed by atoms with Crippen molar-refractivity contribution in [3.63, 3.8) is 0 Å². The molecule has 0 aliphatic heterocycles. The van der Waals surface area contributed by atoms with Crippen molar-refractivity contribution in [3.05, 3.63) is 115 Å². The average Bonchev–Trinajstić information content (AvgIpc) is 3.21. The Morgan fingerprint density at radius 2 is 1.10 bits per heavy atom. The van der Waals surface area contributed by atoms with Gasteiger partial charge < -0.3 is 0 Å². The number of benzene rings is 4. The van der Waals surface area contributed by atoms with Gasteiger partial charge in [0.15, 0.2) is 7.05 Å². The van der Waals surface area contributed by atoms with Crippen LogP contribution >= 0.6 is 18.4 Å². The predicted molar refractivity (Wildman–Crippen MR) is 135 cm³/mol. The maximum Gasteiger partial charge on any atom is 0.380 e. The van der Waals surface area contributed by atoms with Crippen LogP contribution in [-0.4, -0.2) is 0 Å². The highest BCUT2D eigenvalue weighted by Crippen LogP contribution is 2.49. The second-order valence-corrected chi connectivity index (χ2v) is 11.4. The van der Waals surface area contributed by atoms with Gasteiger partial charge in [-0.05, 0) is 35.1 Å². The van der Waals surface area contributed by atoms with Crippen LogP contribution in [0.1, 0.15) is 6.92 Å². The summed E-state index contributed by atoms with van der Waals surface area (Å²) in [5, 5.41) is 4.89. The molecule has 0 fully saturated rings.